The van der Waals surface area contributed by atoms with Gasteiger partial charge < -0.3 is 20.5 Å². The molecular weight excluding hydrogens is 328 g/mol. The molecule has 3 N–H and O–H groups in total. The first kappa shape index (κ1) is 19.0. The first-order valence-electron chi connectivity index (χ1n) is 8.44. The van der Waals surface area contributed by atoms with Crippen molar-refractivity contribution in [3.63, 3.8) is 0 Å². The molecule has 1 saturated carbocycles. The molecule has 1 aromatic carbocycles. The molecule has 0 unspecified atom stereocenters. The number of benzene rings is 1. The molecule has 0 spiro atoms. The van der Waals surface area contributed by atoms with Gasteiger partial charge in [-0.05, 0) is 50.2 Å². The summed E-state index contributed by atoms with van der Waals surface area (Å²) in [5.41, 5.74) is 7.56. The van der Waals surface area contributed by atoms with Gasteiger partial charge in [0.15, 0.2) is 0 Å². The Morgan fingerprint density at radius 1 is 1.38 bits per heavy atom. The number of nitrogens with one attached hydrogen (secondary N) is 1. The maximum Gasteiger partial charge on any atom is 0.240 e. The van der Waals surface area contributed by atoms with Gasteiger partial charge in [0.1, 0.15) is 5.75 Å². The third-order valence-electron chi connectivity index (χ3n) is 4.67. The fraction of sp³-hybridized carbons (Fsp3) is 0.611. The zero-order valence-electron chi connectivity index (χ0n) is 14.2. The predicted octanol–water partition coefficient (Wildman–Crippen LogP) is 2.33. The number of halogens is 1. The summed E-state index contributed by atoms with van der Waals surface area (Å²) in [5.74, 6) is 1.47. The lowest BCUT2D eigenvalue weighted by molar-refractivity contribution is -0.129. The molecule has 1 heterocycles. The molecule has 1 amide bonds. The molecule has 6 heteroatoms. The smallest absolute Gasteiger partial charge is 0.240 e. The molecule has 2 aliphatic rings. The van der Waals surface area contributed by atoms with E-state index in [2.05, 4.69) is 5.32 Å². The second kappa shape index (κ2) is 8.19. The molecule has 2 fully saturated rings. The van der Waals surface area contributed by atoms with E-state index < -0.39 is 5.54 Å². The zero-order chi connectivity index (χ0) is 16.3. The highest BCUT2D eigenvalue weighted by molar-refractivity contribution is 5.86. The molecule has 0 bridgehead atoms. The van der Waals surface area contributed by atoms with Crippen LogP contribution < -0.4 is 15.8 Å². The van der Waals surface area contributed by atoms with Crippen molar-refractivity contribution in [1.29, 1.82) is 0 Å². The lowest BCUT2D eigenvalue weighted by Gasteiger charge is -2.31. The van der Waals surface area contributed by atoms with E-state index in [9.17, 15) is 4.79 Å². The summed E-state index contributed by atoms with van der Waals surface area (Å²) in [4.78, 5) is 12.4. The quantitative estimate of drug-likeness (QED) is 0.822. The Bertz CT molecular complexity index is 569. The molecule has 1 saturated heterocycles. The fourth-order valence-electron chi connectivity index (χ4n) is 2.75. The van der Waals surface area contributed by atoms with Crippen molar-refractivity contribution in [2.75, 3.05) is 19.8 Å². The number of amides is 1. The lowest BCUT2D eigenvalue weighted by atomic mass is 9.90. The summed E-state index contributed by atoms with van der Waals surface area (Å²) in [6.45, 7) is 4.35. The average molecular weight is 355 g/mol. The molecule has 0 radical (unpaired) electrons. The van der Waals surface area contributed by atoms with Gasteiger partial charge in [-0.15, -0.1) is 12.4 Å². The number of hydrogen-bond donors (Lipinski definition) is 2. The third-order valence-corrected chi connectivity index (χ3v) is 4.67. The summed E-state index contributed by atoms with van der Waals surface area (Å²) in [5, 5.41) is 2.97. The maximum atomic E-state index is 12.4. The number of carbonyl (C=O) groups is 1. The van der Waals surface area contributed by atoms with E-state index in [1.165, 1.54) is 12.8 Å². The number of rotatable bonds is 6. The van der Waals surface area contributed by atoms with Crippen LogP contribution in [-0.4, -0.2) is 31.3 Å². The van der Waals surface area contributed by atoms with Crippen LogP contribution in [0.2, 0.25) is 0 Å². The molecule has 134 valence electrons. The molecule has 1 aromatic rings. The van der Waals surface area contributed by atoms with Gasteiger partial charge in [0.25, 0.3) is 0 Å². The van der Waals surface area contributed by atoms with E-state index in [4.69, 9.17) is 15.2 Å². The van der Waals surface area contributed by atoms with Crippen LogP contribution >= 0.6 is 12.4 Å². The maximum absolute atomic E-state index is 12.4. The van der Waals surface area contributed by atoms with E-state index in [-0.39, 0.29) is 18.3 Å². The van der Waals surface area contributed by atoms with Crippen LogP contribution in [-0.2, 0) is 16.1 Å². The van der Waals surface area contributed by atoms with E-state index in [1.54, 1.807) is 0 Å². The first-order chi connectivity index (χ1) is 11.1. The van der Waals surface area contributed by atoms with Crippen LogP contribution in [0, 0.1) is 12.8 Å². The van der Waals surface area contributed by atoms with Gasteiger partial charge in [-0.2, -0.15) is 0 Å². The summed E-state index contributed by atoms with van der Waals surface area (Å²) < 4.78 is 11.2. The first-order valence-corrected chi connectivity index (χ1v) is 8.44. The summed E-state index contributed by atoms with van der Waals surface area (Å²) in [6.07, 6.45) is 3.65. The molecule has 1 aliphatic heterocycles. The molecular formula is C18H27ClN2O3. The van der Waals surface area contributed by atoms with Gasteiger partial charge >= 0.3 is 0 Å². The number of nitrogens with two attached hydrogens (primary N) is 1. The van der Waals surface area contributed by atoms with Crippen LogP contribution in [0.3, 0.4) is 0 Å². The van der Waals surface area contributed by atoms with Crippen molar-refractivity contribution in [1.82, 2.24) is 5.32 Å². The highest BCUT2D eigenvalue weighted by Gasteiger charge is 2.35. The lowest BCUT2D eigenvalue weighted by Crippen LogP contribution is -2.56. The fourth-order valence-corrected chi connectivity index (χ4v) is 2.75. The number of aryl methyl sites for hydroxylation is 1. The van der Waals surface area contributed by atoms with Crippen LogP contribution in [0.1, 0.15) is 36.8 Å². The zero-order valence-corrected chi connectivity index (χ0v) is 15.0. The number of ether oxygens (including phenoxy) is 2. The van der Waals surface area contributed by atoms with E-state index >= 15 is 0 Å². The van der Waals surface area contributed by atoms with Crippen LogP contribution in [0.25, 0.3) is 0 Å². The molecule has 3 rings (SSSR count). The monoisotopic (exact) mass is 354 g/mol. The van der Waals surface area contributed by atoms with Gasteiger partial charge in [-0.3, -0.25) is 4.79 Å². The van der Waals surface area contributed by atoms with E-state index in [0.717, 1.165) is 23.5 Å². The van der Waals surface area contributed by atoms with Crippen LogP contribution in [0.4, 0.5) is 0 Å². The summed E-state index contributed by atoms with van der Waals surface area (Å²) in [6, 6.07) is 6.10. The number of hydrogen-bond acceptors (Lipinski definition) is 4. The second-order valence-electron chi connectivity index (χ2n) is 6.82. The van der Waals surface area contributed by atoms with Crippen LogP contribution in [0.15, 0.2) is 18.2 Å². The van der Waals surface area contributed by atoms with Crippen molar-refractivity contribution in [2.24, 2.45) is 11.7 Å². The molecule has 1 aliphatic carbocycles. The highest BCUT2D eigenvalue weighted by Crippen LogP contribution is 2.30. The predicted molar refractivity (Wildman–Crippen MR) is 95.5 cm³/mol. The van der Waals surface area contributed by atoms with E-state index in [1.807, 2.05) is 25.1 Å². The van der Waals surface area contributed by atoms with Crippen molar-refractivity contribution in [3.8, 4) is 5.75 Å². The van der Waals surface area contributed by atoms with Crippen molar-refractivity contribution in [2.45, 2.75) is 44.7 Å². The van der Waals surface area contributed by atoms with Crippen LogP contribution in [0.5, 0.6) is 5.75 Å². The van der Waals surface area contributed by atoms with Crippen molar-refractivity contribution in [3.05, 3.63) is 29.3 Å². The Balaban J connectivity index is 0.00000208. The topological polar surface area (TPSA) is 73.6 Å². The summed E-state index contributed by atoms with van der Waals surface area (Å²) in [7, 11) is 0. The molecule has 24 heavy (non-hydrogen) atoms. The largest absolute Gasteiger partial charge is 0.493 e. The van der Waals surface area contributed by atoms with Crippen molar-refractivity contribution >= 4 is 18.3 Å². The molecule has 0 aromatic heterocycles. The number of carbonyl (C=O) groups excluding carboxylic acids is 1. The highest BCUT2D eigenvalue weighted by atomic mass is 35.5. The average Bonchev–Trinajstić information content (AvgIpc) is 3.36. The third kappa shape index (κ3) is 4.85. The van der Waals surface area contributed by atoms with Gasteiger partial charge in [-0.25, -0.2) is 0 Å². The Hall–Kier alpha value is -1.30. The van der Waals surface area contributed by atoms with Gasteiger partial charge in [-0.1, -0.05) is 12.1 Å². The van der Waals surface area contributed by atoms with Gasteiger partial charge in [0.05, 0.1) is 12.1 Å². The minimum Gasteiger partial charge on any atom is -0.493 e. The van der Waals surface area contributed by atoms with Gasteiger partial charge in [0, 0.05) is 25.3 Å². The SMILES string of the molecule is Cc1ccc(CNC(=O)C2(N)CCOCC2)c(OCC2CC2)c1.Cl. The Labute approximate surface area is 149 Å². The second-order valence-corrected chi connectivity index (χ2v) is 6.82. The summed E-state index contributed by atoms with van der Waals surface area (Å²) >= 11 is 0. The minimum absolute atomic E-state index is 0. The normalized spacial score (nSPS) is 19.2. The molecule has 0 atom stereocenters. The Morgan fingerprint density at radius 3 is 2.75 bits per heavy atom. The Morgan fingerprint density at radius 2 is 2.08 bits per heavy atom. The van der Waals surface area contributed by atoms with E-state index in [0.29, 0.717) is 38.5 Å². The standard InChI is InChI=1S/C18H26N2O3.ClH/c1-13-2-5-15(16(10-13)23-12-14-3-4-14)11-20-17(21)18(19)6-8-22-9-7-18;/h2,5,10,14H,3-4,6-9,11-12,19H2,1H3,(H,20,21);1H. The minimum atomic E-state index is -0.808. The Kier molecular flexibility index (Phi) is 6.49. The van der Waals surface area contributed by atoms with Gasteiger partial charge in [0.2, 0.25) is 5.91 Å². The molecule has 5 nitrogen and oxygen atoms in total. The van der Waals surface area contributed by atoms with Crippen molar-refractivity contribution < 1.29 is 14.3 Å².